The molecule has 0 aromatic carbocycles. The van der Waals surface area contributed by atoms with Gasteiger partial charge in [-0.25, -0.2) is 9.97 Å². The van der Waals surface area contributed by atoms with E-state index in [2.05, 4.69) is 21.8 Å². The fraction of sp³-hybridized carbons (Fsp3) is 0.714. The second kappa shape index (κ2) is 11.4. The average molecular weight is 377 g/mol. The quantitative estimate of drug-likeness (QED) is 0.533. The van der Waals surface area contributed by atoms with Crippen molar-refractivity contribution in [3.05, 3.63) is 22.7 Å². The van der Waals surface area contributed by atoms with Crippen LogP contribution in [0.15, 0.2) is 5.57 Å². The number of nitrogen functional groups attached to an aromatic ring is 1. The molecule has 0 saturated carbocycles. The lowest BCUT2D eigenvalue weighted by molar-refractivity contribution is 0.113. The Morgan fingerprint density at radius 2 is 1.59 bits per heavy atom. The molecule has 27 heavy (non-hydrogen) atoms. The Kier molecular flexibility index (Phi) is 9.18. The number of hydrogen-bond donors (Lipinski definition) is 1. The summed E-state index contributed by atoms with van der Waals surface area (Å²) in [6.45, 7) is 8.74. The second-order valence-corrected chi connectivity index (χ2v) is 7.41. The highest BCUT2D eigenvalue weighted by atomic mass is 16.5. The van der Waals surface area contributed by atoms with Gasteiger partial charge >= 0.3 is 0 Å². The van der Waals surface area contributed by atoms with Crippen molar-refractivity contribution in [1.29, 1.82) is 0 Å². The van der Waals surface area contributed by atoms with Crippen LogP contribution in [0.2, 0.25) is 0 Å². The molecule has 0 atom stereocenters. The van der Waals surface area contributed by atoms with Crippen molar-refractivity contribution >= 4 is 11.4 Å². The minimum Gasteiger partial charge on any atom is -0.383 e. The molecule has 6 nitrogen and oxygen atoms in total. The van der Waals surface area contributed by atoms with Crippen molar-refractivity contribution < 1.29 is 9.47 Å². The zero-order valence-electron chi connectivity index (χ0n) is 17.5. The number of nitrogens with two attached hydrogens (primary N) is 1. The number of fused-ring (bicyclic) bond motifs is 1. The maximum absolute atomic E-state index is 6.09. The molecule has 2 N–H and O–H groups in total. The number of aromatic nitrogens is 2. The zero-order valence-corrected chi connectivity index (χ0v) is 17.5. The summed E-state index contributed by atoms with van der Waals surface area (Å²) in [5, 5.41) is 0. The Hall–Kier alpha value is -1.50. The highest BCUT2D eigenvalue weighted by Gasteiger charge is 2.23. The van der Waals surface area contributed by atoms with Crippen LogP contribution in [-0.2, 0) is 15.9 Å². The van der Waals surface area contributed by atoms with Gasteiger partial charge in [-0.1, -0.05) is 18.4 Å². The summed E-state index contributed by atoms with van der Waals surface area (Å²) < 4.78 is 10.4. The molecule has 0 saturated heterocycles. The average Bonchev–Trinajstić information content (AvgIpc) is 2.95. The Bertz CT molecular complexity index is 623. The summed E-state index contributed by atoms with van der Waals surface area (Å²) in [5.74, 6) is 1.42. The first-order chi connectivity index (χ1) is 13.1. The fourth-order valence-electron chi connectivity index (χ4n) is 3.71. The normalized spacial score (nSPS) is 13.7. The van der Waals surface area contributed by atoms with Crippen molar-refractivity contribution in [2.24, 2.45) is 0 Å². The molecule has 0 amide bonds. The van der Waals surface area contributed by atoms with Gasteiger partial charge in [0.15, 0.2) is 0 Å². The number of rotatable bonds is 13. The molecule has 1 aromatic rings. The summed E-state index contributed by atoms with van der Waals surface area (Å²) in [4.78, 5) is 11.4. The van der Waals surface area contributed by atoms with Gasteiger partial charge in [0.25, 0.3) is 0 Å². The first-order valence-electron chi connectivity index (χ1n) is 10.1. The predicted octanol–water partition coefficient (Wildman–Crippen LogP) is 3.24. The van der Waals surface area contributed by atoms with E-state index in [4.69, 9.17) is 15.2 Å². The standard InChI is InChI=1S/C21H36N4O2/c1-16-15-19-20(23-17(2)24-21(19)22)18(16)9-7-5-6-8-10-25(11-13-26-3)12-14-27-4/h5-15H2,1-4H3,(H2,22,23,24). The number of allylic oxidation sites excluding steroid dienone is 2. The van der Waals surface area contributed by atoms with Gasteiger partial charge in [-0.3, -0.25) is 4.90 Å². The van der Waals surface area contributed by atoms with Crippen LogP contribution in [-0.4, -0.2) is 61.9 Å². The first-order valence-corrected chi connectivity index (χ1v) is 10.1. The number of nitrogens with zero attached hydrogens (tertiary/aromatic N) is 3. The highest BCUT2D eigenvalue weighted by Crippen LogP contribution is 2.36. The largest absolute Gasteiger partial charge is 0.383 e. The van der Waals surface area contributed by atoms with Crippen molar-refractivity contribution in [1.82, 2.24) is 14.9 Å². The lowest BCUT2D eigenvalue weighted by atomic mass is 10.0. The molecular formula is C21H36N4O2. The van der Waals surface area contributed by atoms with Gasteiger partial charge in [0.1, 0.15) is 11.6 Å². The molecule has 1 heterocycles. The third-order valence-corrected chi connectivity index (χ3v) is 5.27. The summed E-state index contributed by atoms with van der Waals surface area (Å²) in [6, 6.07) is 0. The van der Waals surface area contributed by atoms with E-state index in [1.807, 2.05) is 6.92 Å². The maximum Gasteiger partial charge on any atom is 0.131 e. The molecule has 0 fully saturated rings. The third-order valence-electron chi connectivity index (χ3n) is 5.27. The van der Waals surface area contributed by atoms with Crippen LogP contribution < -0.4 is 5.73 Å². The van der Waals surface area contributed by atoms with Gasteiger partial charge in [-0.15, -0.1) is 0 Å². The van der Waals surface area contributed by atoms with E-state index in [1.165, 1.54) is 36.8 Å². The zero-order chi connectivity index (χ0) is 19.6. The van der Waals surface area contributed by atoms with Crippen molar-refractivity contribution in [3.63, 3.8) is 0 Å². The van der Waals surface area contributed by atoms with Crippen molar-refractivity contribution in [3.8, 4) is 0 Å². The van der Waals surface area contributed by atoms with Gasteiger partial charge in [0.05, 0.1) is 18.9 Å². The first kappa shape index (κ1) is 21.8. The minimum absolute atomic E-state index is 0.652. The number of methoxy groups -OCH3 is 2. The molecule has 0 spiro atoms. The van der Waals surface area contributed by atoms with Crippen molar-refractivity contribution in [2.75, 3.05) is 52.8 Å². The number of unbranched alkanes of at least 4 members (excludes halogenated alkanes) is 3. The smallest absolute Gasteiger partial charge is 0.131 e. The van der Waals surface area contributed by atoms with E-state index in [0.717, 1.165) is 62.8 Å². The van der Waals surface area contributed by atoms with E-state index >= 15 is 0 Å². The molecule has 6 heteroatoms. The second-order valence-electron chi connectivity index (χ2n) is 7.41. The van der Waals surface area contributed by atoms with Gasteiger partial charge in [0, 0.05) is 32.9 Å². The van der Waals surface area contributed by atoms with Gasteiger partial charge in [0.2, 0.25) is 0 Å². The van der Waals surface area contributed by atoms with E-state index in [0.29, 0.717) is 5.82 Å². The van der Waals surface area contributed by atoms with E-state index in [1.54, 1.807) is 14.2 Å². The molecule has 1 aliphatic carbocycles. The van der Waals surface area contributed by atoms with Gasteiger partial charge in [-0.05, 0) is 51.6 Å². The van der Waals surface area contributed by atoms with Crippen LogP contribution >= 0.6 is 0 Å². The molecule has 1 aromatic heterocycles. The lowest BCUT2D eigenvalue weighted by Gasteiger charge is -2.21. The Morgan fingerprint density at radius 3 is 2.26 bits per heavy atom. The van der Waals surface area contributed by atoms with Crippen LogP contribution in [0, 0.1) is 6.92 Å². The van der Waals surface area contributed by atoms with Crippen LogP contribution in [0.5, 0.6) is 0 Å². The van der Waals surface area contributed by atoms with Crippen molar-refractivity contribution in [2.45, 2.75) is 52.4 Å². The maximum atomic E-state index is 6.09. The number of anilines is 1. The molecule has 0 unspecified atom stereocenters. The highest BCUT2D eigenvalue weighted by molar-refractivity contribution is 5.76. The molecule has 0 radical (unpaired) electrons. The molecule has 1 aliphatic rings. The van der Waals surface area contributed by atoms with Crippen LogP contribution in [0.4, 0.5) is 5.82 Å². The molecular weight excluding hydrogens is 340 g/mol. The summed E-state index contributed by atoms with van der Waals surface area (Å²) >= 11 is 0. The number of hydrogen-bond acceptors (Lipinski definition) is 6. The fourth-order valence-corrected chi connectivity index (χ4v) is 3.71. The Labute approximate surface area is 164 Å². The Morgan fingerprint density at radius 1 is 0.926 bits per heavy atom. The predicted molar refractivity (Wildman–Crippen MR) is 111 cm³/mol. The van der Waals surface area contributed by atoms with Gasteiger partial charge in [-0.2, -0.15) is 0 Å². The lowest BCUT2D eigenvalue weighted by Crippen LogP contribution is -2.31. The molecule has 152 valence electrons. The number of ether oxygens (including phenoxy) is 2. The minimum atomic E-state index is 0.652. The molecule has 0 bridgehead atoms. The SMILES string of the molecule is COCCN(CCCCCCC1=C(C)Cc2c(N)nc(C)nc21)CCOC. The summed E-state index contributed by atoms with van der Waals surface area (Å²) in [5.41, 5.74) is 11.1. The van der Waals surface area contributed by atoms with E-state index in [9.17, 15) is 0 Å². The van der Waals surface area contributed by atoms with Gasteiger partial charge < -0.3 is 15.2 Å². The van der Waals surface area contributed by atoms with E-state index < -0.39 is 0 Å². The van der Waals surface area contributed by atoms with Crippen LogP contribution in [0.3, 0.4) is 0 Å². The number of aryl methyl sites for hydroxylation is 1. The monoisotopic (exact) mass is 376 g/mol. The molecule has 0 aliphatic heterocycles. The Balaban J connectivity index is 1.72. The topological polar surface area (TPSA) is 73.5 Å². The van der Waals surface area contributed by atoms with Crippen LogP contribution in [0.25, 0.3) is 5.57 Å². The van der Waals surface area contributed by atoms with E-state index in [-0.39, 0.29) is 0 Å². The van der Waals surface area contributed by atoms with Crippen LogP contribution in [0.1, 0.15) is 56.1 Å². The molecule has 2 rings (SSSR count). The third kappa shape index (κ3) is 6.55. The summed E-state index contributed by atoms with van der Waals surface area (Å²) in [7, 11) is 3.51. The summed E-state index contributed by atoms with van der Waals surface area (Å²) in [6.07, 6.45) is 6.91.